The summed E-state index contributed by atoms with van der Waals surface area (Å²) in [6.45, 7) is 6.11. The van der Waals surface area contributed by atoms with Crippen LogP contribution in [0.3, 0.4) is 0 Å². The van der Waals surface area contributed by atoms with Crippen molar-refractivity contribution in [1.82, 2.24) is 5.01 Å². The molecule has 72 valence electrons. The lowest BCUT2D eigenvalue weighted by Crippen LogP contribution is -2.33. The van der Waals surface area contributed by atoms with Crippen molar-refractivity contribution >= 4 is 0 Å². The van der Waals surface area contributed by atoms with E-state index in [0.717, 1.165) is 13.1 Å². The summed E-state index contributed by atoms with van der Waals surface area (Å²) in [5, 5.41) is 1.86. The highest BCUT2D eigenvalue weighted by molar-refractivity contribution is 5.14. The molecule has 2 nitrogen and oxygen atoms in total. The second kappa shape index (κ2) is 5.00. The van der Waals surface area contributed by atoms with Gasteiger partial charge < -0.3 is 0 Å². The average molecular weight is 178 g/mol. The predicted octanol–water partition coefficient (Wildman–Crippen LogP) is 2.02. The van der Waals surface area contributed by atoms with E-state index < -0.39 is 0 Å². The molecule has 0 spiro atoms. The maximum absolute atomic E-state index is 5.84. The molecule has 0 bridgehead atoms. The van der Waals surface area contributed by atoms with E-state index in [2.05, 4.69) is 26.0 Å². The summed E-state index contributed by atoms with van der Waals surface area (Å²) in [4.78, 5) is 0. The van der Waals surface area contributed by atoms with Crippen LogP contribution in [0.1, 0.15) is 19.4 Å². The van der Waals surface area contributed by atoms with Gasteiger partial charge in [-0.25, -0.2) is 5.01 Å². The number of nitrogens with zero attached hydrogens (tertiary/aromatic N) is 1. The van der Waals surface area contributed by atoms with Crippen molar-refractivity contribution in [3.8, 4) is 0 Å². The molecule has 0 radical (unpaired) electrons. The van der Waals surface area contributed by atoms with Gasteiger partial charge in [-0.3, -0.25) is 5.84 Å². The Labute approximate surface area is 80.3 Å². The molecule has 0 unspecified atom stereocenters. The summed E-state index contributed by atoms with van der Waals surface area (Å²) in [6.07, 6.45) is 0. The molecule has 0 saturated heterocycles. The van der Waals surface area contributed by atoms with Gasteiger partial charge in [0.15, 0.2) is 0 Å². The van der Waals surface area contributed by atoms with Crippen molar-refractivity contribution in [2.75, 3.05) is 6.54 Å². The van der Waals surface area contributed by atoms with Gasteiger partial charge >= 0.3 is 0 Å². The quantitative estimate of drug-likeness (QED) is 0.564. The van der Waals surface area contributed by atoms with Crippen LogP contribution in [0.4, 0.5) is 0 Å². The SMILES string of the molecule is CC(C)CN(N)Cc1ccccc1. The van der Waals surface area contributed by atoms with Crippen LogP contribution in [-0.2, 0) is 6.54 Å². The van der Waals surface area contributed by atoms with Crippen molar-refractivity contribution in [2.24, 2.45) is 11.8 Å². The Morgan fingerprint density at radius 3 is 2.38 bits per heavy atom. The van der Waals surface area contributed by atoms with Crippen LogP contribution in [0.15, 0.2) is 30.3 Å². The normalized spacial score (nSPS) is 11.2. The minimum Gasteiger partial charge on any atom is -0.268 e. The summed E-state index contributed by atoms with van der Waals surface area (Å²) in [7, 11) is 0. The van der Waals surface area contributed by atoms with Crippen LogP contribution in [0, 0.1) is 5.92 Å². The van der Waals surface area contributed by atoms with E-state index in [1.165, 1.54) is 5.56 Å². The Balaban J connectivity index is 2.41. The Bertz CT molecular complexity index is 231. The average Bonchev–Trinajstić information content (AvgIpc) is 2.04. The first kappa shape index (κ1) is 10.2. The Hall–Kier alpha value is -0.860. The molecule has 2 heteroatoms. The molecule has 0 aliphatic carbocycles. The van der Waals surface area contributed by atoms with Crippen molar-refractivity contribution in [3.63, 3.8) is 0 Å². The number of benzene rings is 1. The van der Waals surface area contributed by atoms with Gasteiger partial charge in [-0.15, -0.1) is 0 Å². The molecule has 0 amide bonds. The standard InChI is InChI=1S/C11H18N2/c1-10(2)8-13(12)9-11-6-4-3-5-7-11/h3-7,10H,8-9,12H2,1-2H3. The van der Waals surface area contributed by atoms with E-state index in [-0.39, 0.29) is 0 Å². The second-order valence-corrected chi connectivity index (χ2v) is 3.81. The van der Waals surface area contributed by atoms with E-state index in [1.54, 1.807) is 0 Å². The molecule has 0 aromatic heterocycles. The highest BCUT2D eigenvalue weighted by Crippen LogP contribution is 2.03. The van der Waals surface area contributed by atoms with E-state index in [1.807, 2.05) is 23.2 Å². The Kier molecular flexibility index (Phi) is 3.93. The minimum atomic E-state index is 0.619. The van der Waals surface area contributed by atoms with Crippen LogP contribution in [0.2, 0.25) is 0 Å². The van der Waals surface area contributed by atoms with Crippen molar-refractivity contribution in [1.29, 1.82) is 0 Å². The van der Waals surface area contributed by atoms with Gasteiger partial charge in [-0.05, 0) is 11.5 Å². The highest BCUT2D eigenvalue weighted by Gasteiger charge is 2.02. The maximum atomic E-state index is 5.84. The first-order valence-electron chi connectivity index (χ1n) is 4.72. The predicted molar refractivity (Wildman–Crippen MR) is 55.9 cm³/mol. The summed E-state index contributed by atoms with van der Waals surface area (Å²) in [5.74, 6) is 6.46. The summed E-state index contributed by atoms with van der Waals surface area (Å²) < 4.78 is 0. The smallest absolute Gasteiger partial charge is 0.0379 e. The van der Waals surface area contributed by atoms with E-state index in [0.29, 0.717) is 5.92 Å². The number of hydrogen-bond donors (Lipinski definition) is 1. The maximum Gasteiger partial charge on any atom is 0.0379 e. The number of hydrazine groups is 1. The molecule has 0 saturated carbocycles. The molecule has 13 heavy (non-hydrogen) atoms. The number of rotatable bonds is 4. The zero-order chi connectivity index (χ0) is 9.68. The van der Waals surface area contributed by atoms with Gasteiger partial charge in [-0.1, -0.05) is 44.2 Å². The van der Waals surface area contributed by atoms with Gasteiger partial charge in [0, 0.05) is 13.1 Å². The fourth-order valence-electron chi connectivity index (χ4n) is 1.35. The molecule has 0 fully saturated rings. The molecule has 1 aromatic rings. The van der Waals surface area contributed by atoms with Crippen LogP contribution in [0.5, 0.6) is 0 Å². The van der Waals surface area contributed by atoms with Crippen LogP contribution < -0.4 is 5.84 Å². The zero-order valence-electron chi connectivity index (χ0n) is 8.40. The Morgan fingerprint density at radius 2 is 1.85 bits per heavy atom. The molecule has 2 N–H and O–H groups in total. The first-order valence-corrected chi connectivity index (χ1v) is 4.72. The first-order chi connectivity index (χ1) is 6.18. The van der Waals surface area contributed by atoms with Gasteiger partial charge in [-0.2, -0.15) is 0 Å². The van der Waals surface area contributed by atoms with Crippen LogP contribution in [0.25, 0.3) is 0 Å². The lowest BCUT2D eigenvalue weighted by atomic mass is 10.2. The zero-order valence-corrected chi connectivity index (χ0v) is 8.40. The largest absolute Gasteiger partial charge is 0.268 e. The third kappa shape index (κ3) is 4.06. The van der Waals surface area contributed by atoms with E-state index in [9.17, 15) is 0 Å². The van der Waals surface area contributed by atoms with Gasteiger partial charge in [0.2, 0.25) is 0 Å². The monoisotopic (exact) mass is 178 g/mol. The van der Waals surface area contributed by atoms with Gasteiger partial charge in [0.25, 0.3) is 0 Å². The number of hydrogen-bond acceptors (Lipinski definition) is 2. The van der Waals surface area contributed by atoms with Gasteiger partial charge in [0.05, 0.1) is 0 Å². The van der Waals surface area contributed by atoms with E-state index >= 15 is 0 Å². The molecule has 1 aromatic carbocycles. The van der Waals surface area contributed by atoms with Gasteiger partial charge in [0.1, 0.15) is 0 Å². The third-order valence-corrected chi connectivity index (χ3v) is 1.83. The van der Waals surface area contributed by atoms with Crippen molar-refractivity contribution in [3.05, 3.63) is 35.9 Å². The molecule has 0 heterocycles. The Morgan fingerprint density at radius 1 is 1.23 bits per heavy atom. The summed E-state index contributed by atoms with van der Waals surface area (Å²) >= 11 is 0. The van der Waals surface area contributed by atoms with E-state index in [4.69, 9.17) is 5.84 Å². The minimum absolute atomic E-state index is 0.619. The second-order valence-electron chi connectivity index (χ2n) is 3.81. The molecule has 0 aliphatic rings. The highest BCUT2D eigenvalue weighted by atomic mass is 15.4. The molecule has 1 rings (SSSR count). The topological polar surface area (TPSA) is 29.3 Å². The lowest BCUT2D eigenvalue weighted by Gasteiger charge is -2.18. The number of nitrogens with two attached hydrogens (primary N) is 1. The molecule has 0 aliphatic heterocycles. The fraction of sp³-hybridized carbons (Fsp3) is 0.455. The fourth-order valence-corrected chi connectivity index (χ4v) is 1.35. The molecule has 0 atom stereocenters. The van der Waals surface area contributed by atoms with Crippen LogP contribution in [-0.4, -0.2) is 11.6 Å². The molecular weight excluding hydrogens is 160 g/mol. The van der Waals surface area contributed by atoms with Crippen molar-refractivity contribution in [2.45, 2.75) is 20.4 Å². The van der Waals surface area contributed by atoms with Crippen molar-refractivity contribution < 1.29 is 0 Å². The third-order valence-electron chi connectivity index (χ3n) is 1.83. The van der Waals surface area contributed by atoms with Crippen LogP contribution >= 0.6 is 0 Å². The molecular formula is C11H18N2. The summed E-state index contributed by atoms with van der Waals surface area (Å²) in [6, 6.07) is 10.3. The lowest BCUT2D eigenvalue weighted by molar-refractivity contribution is 0.243. The summed E-state index contributed by atoms with van der Waals surface area (Å²) in [5.41, 5.74) is 1.27.